The molecule has 4 heteroatoms. The molecule has 0 bridgehead atoms. The monoisotopic (exact) mass is 263 g/mol. The van der Waals surface area contributed by atoms with Gasteiger partial charge in [0.15, 0.2) is 0 Å². The molecule has 0 fully saturated rings. The topological polar surface area (TPSA) is 50.2 Å². The Balaban J connectivity index is 0.000000492. The fraction of sp³-hybridized carbons (Fsp3) is 0.286. The highest BCUT2D eigenvalue weighted by Gasteiger charge is 2.14. The molecule has 0 aliphatic heterocycles. The highest BCUT2D eigenvalue weighted by atomic mass is 32.1. The molecule has 0 unspecified atom stereocenters. The van der Waals surface area contributed by atoms with Gasteiger partial charge in [0.25, 0.3) is 0 Å². The number of aryl methyl sites for hydroxylation is 1. The summed E-state index contributed by atoms with van der Waals surface area (Å²) in [6, 6.07) is 9.58. The zero-order chi connectivity index (χ0) is 13.5. The summed E-state index contributed by atoms with van der Waals surface area (Å²) in [5, 5.41) is 9.65. The standard InChI is InChI=1S/C11H9NO2S.C3H8/c1-7-9(11(13)14)15-10(12-7)8-5-3-2-4-6-8;1-3-2/h2-6H,1H3,(H,13,14);3H2,1-2H3. The summed E-state index contributed by atoms with van der Waals surface area (Å²) in [5.74, 6) is -0.910. The number of aromatic nitrogens is 1. The van der Waals surface area contributed by atoms with E-state index in [-0.39, 0.29) is 0 Å². The highest BCUT2D eigenvalue weighted by molar-refractivity contribution is 7.17. The van der Waals surface area contributed by atoms with Gasteiger partial charge in [0, 0.05) is 5.56 Å². The van der Waals surface area contributed by atoms with Crippen LogP contribution in [0.3, 0.4) is 0 Å². The summed E-state index contributed by atoms with van der Waals surface area (Å²) in [6.45, 7) is 5.96. The van der Waals surface area contributed by atoms with E-state index in [9.17, 15) is 4.79 Å². The van der Waals surface area contributed by atoms with Crippen LogP contribution in [0.1, 0.15) is 35.6 Å². The number of carboxylic acids is 1. The molecule has 0 saturated heterocycles. The number of rotatable bonds is 2. The van der Waals surface area contributed by atoms with Crippen LogP contribution in [0.15, 0.2) is 30.3 Å². The quantitative estimate of drug-likeness (QED) is 0.882. The molecule has 96 valence electrons. The summed E-state index contributed by atoms with van der Waals surface area (Å²) in [5.41, 5.74) is 1.53. The molecular weight excluding hydrogens is 246 g/mol. The molecule has 0 radical (unpaired) electrons. The Bertz CT molecular complexity index is 506. The van der Waals surface area contributed by atoms with Gasteiger partial charge in [-0.3, -0.25) is 0 Å². The molecule has 2 aromatic rings. The number of hydrogen-bond donors (Lipinski definition) is 1. The van der Waals surface area contributed by atoms with Crippen LogP contribution in [0, 0.1) is 6.92 Å². The summed E-state index contributed by atoms with van der Waals surface area (Å²) in [6.07, 6.45) is 1.25. The molecule has 0 atom stereocenters. The van der Waals surface area contributed by atoms with E-state index in [4.69, 9.17) is 5.11 Å². The average molecular weight is 263 g/mol. The third-order valence-electron chi connectivity index (χ3n) is 2.01. The van der Waals surface area contributed by atoms with E-state index in [0.29, 0.717) is 10.6 Å². The number of hydrogen-bond acceptors (Lipinski definition) is 3. The molecule has 3 nitrogen and oxygen atoms in total. The predicted molar refractivity (Wildman–Crippen MR) is 75.2 cm³/mol. The van der Waals surface area contributed by atoms with Crippen LogP contribution in [-0.4, -0.2) is 16.1 Å². The molecule has 0 saturated carbocycles. The molecular formula is C14H17NO2S. The lowest BCUT2D eigenvalue weighted by atomic mass is 10.2. The van der Waals surface area contributed by atoms with E-state index < -0.39 is 5.97 Å². The van der Waals surface area contributed by atoms with Gasteiger partial charge in [-0.2, -0.15) is 0 Å². The van der Waals surface area contributed by atoms with E-state index in [1.54, 1.807) is 6.92 Å². The normalized spacial score (nSPS) is 9.50. The van der Waals surface area contributed by atoms with Crippen LogP contribution < -0.4 is 0 Å². The summed E-state index contributed by atoms with van der Waals surface area (Å²) in [4.78, 5) is 15.4. The van der Waals surface area contributed by atoms with Crippen molar-refractivity contribution in [3.05, 3.63) is 40.9 Å². The van der Waals surface area contributed by atoms with Crippen LogP contribution in [-0.2, 0) is 0 Å². The first kappa shape index (κ1) is 14.4. The van der Waals surface area contributed by atoms with Gasteiger partial charge < -0.3 is 5.11 Å². The Morgan fingerprint density at radius 2 is 1.83 bits per heavy atom. The summed E-state index contributed by atoms with van der Waals surface area (Å²) < 4.78 is 0. The van der Waals surface area contributed by atoms with Gasteiger partial charge in [-0.05, 0) is 6.92 Å². The third-order valence-corrected chi connectivity index (χ3v) is 3.21. The van der Waals surface area contributed by atoms with E-state index in [1.165, 1.54) is 17.8 Å². The fourth-order valence-electron chi connectivity index (χ4n) is 1.30. The Kier molecular flexibility index (Phi) is 5.52. The predicted octanol–water partition coefficient (Wildman–Crippen LogP) is 4.23. The third kappa shape index (κ3) is 3.67. The van der Waals surface area contributed by atoms with Crippen molar-refractivity contribution in [1.82, 2.24) is 4.98 Å². The minimum atomic E-state index is -0.910. The van der Waals surface area contributed by atoms with Crippen molar-refractivity contribution in [2.24, 2.45) is 0 Å². The van der Waals surface area contributed by atoms with Gasteiger partial charge >= 0.3 is 5.97 Å². The van der Waals surface area contributed by atoms with Gasteiger partial charge in [-0.1, -0.05) is 50.6 Å². The molecule has 1 aromatic carbocycles. The molecule has 1 N–H and O–H groups in total. The van der Waals surface area contributed by atoms with Crippen LogP contribution in [0.4, 0.5) is 0 Å². The van der Waals surface area contributed by atoms with E-state index in [1.807, 2.05) is 30.3 Å². The van der Waals surface area contributed by atoms with Crippen LogP contribution >= 0.6 is 11.3 Å². The molecule has 18 heavy (non-hydrogen) atoms. The second kappa shape index (κ2) is 6.91. The number of thiazole rings is 1. The number of carbonyl (C=O) groups is 1. The van der Waals surface area contributed by atoms with Crippen molar-refractivity contribution < 1.29 is 9.90 Å². The Hall–Kier alpha value is -1.68. The molecule has 0 spiro atoms. The van der Waals surface area contributed by atoms with Crippen molar-refractivity contribution in [3.8, 4) is 10.6 Å². The number of carboxylic acid groups (broad SMARTS) is 1. The van der Waals surface area contributed by atoms with Crippen molar-refractivity contribution in [2.75, 3.05) is 0 Å². The smallest absolute Gasteiger partial charge is 0.347 e. The number of aromatic carboxylic acids is 1. The first-order valence-electron chi connectivity index (χ1n) is 5.86. The molecule has 1 aromatic heterocycles. The molecule has 0 aliphatic rings. The minimum Gasteiger partial charge on any atom is -0.477 e. The van der Waals surface area contributed by atoms with E-state index >= 15 is 0 Å². The Morgan fingerprint density at radius 1 is 1.28 bits per heavy atom. The van der Waals surface area contributed by atoms with Gasteiger partial charge in [0.2, 0.25) is 0 Å². The van der Waals surface area contributed by atoms with Crippen molar-refractivity contribution in [2.45, 2.75) is 27.2 Å². The first-order chi connectivity index (χ1) is 8.60. The van der Waals surface area contributed by atoms with E-state index in [0.717, 1.165) is 10.6 Å². The lowest BCUT2D eigenvalue weighted by molar-refractivity contribution is 0.0701. The van der Waals surface area contributed by atoms with Crippen molar-refractivity contribution in [3.63, 3.8) is 0 Å². The maximum absolute atomic E-state index is 10.8. The minimum absolute atomic E-state index is 0.314. The number of nitrogens with zero attached hydrogens (tertiary/aromatic N) is 1. The van der Waals surface area contributed by atoms with Gasteiger partial charge in [0.05, 0.1) is 5.69 Å². The maximum Gasteiger partial charge on any atom is 0.347 e. The van der Waals surface area contributed by atoms with Gasteiger partial charge in [0.1, 0.15) is 9.88 Å². The second-order valence-corrected chi connectivity index (χ2v) is 4.81. The second-order valence-electron chi connectivity index (χ2n) is 3.81. The van der Waals surface area contributed by atoms with Crippen molar-refractivity contribution in [1.29, 1.82) is 0 Å². The Labute approximate surface area is 111 Å². The van der Waals surface area contributed by atoms with Crippen LogP contribution in [0.2, 0.25) is 0 Å². The van der Waals surface area contributed by atoms with Crippen molar-refractivity contribution >= 4 is 17.3 Å². The van der Waals surface area contributed by atoms with Gasteiger partial charge in [-0.25, -0.2) is 9.78 Å². The fourth-order valence-corrected chi connectivity index (χ4v) is 2.21. The first-order valence-corrected chi connectivity index (χ1v) is 6.67. The lowest BCUT2D eigenvalue weighted by Gasteiger charge is -1.92. The molecule has 2 rings (SSSR count). The summed E-state index contributed by atoms with van der Waals surface area (Å²) >= 11 is 1.21. The molecule has 0 aliphatic carbocycles. The largest absolute Gasteiger partial charge is 0.477 e. The zero-order valence-electron chi connectivity index (χ0n) is 10.8. The lowest BCUT2D eigenvalue weighted by Crippen LogP contribution is -1.94. The maximum atomic E-state index is 10.8. The molecule has 1 heterocycles. The Morgan fingerprint density at radius 3 is 2.28 bits per heavy atom. The SMILES string of the molecule is CCC.Cc1nc(-c2ccccc2)sc1C(=O)O. The van der Waals surface area contributed by atoms with Crippen LogP contribution in [0.5, 0.6) is 0 Å². The summed E-state index contributed by atoms with van der Waals surface area (Å²) in [7, 11) is 0. The highest BCUT2D eigenvalue weighted by Crippen LogP contribution is 2.27. The molecule has 0 amide bonds. The average Bonchev–Trinajstić information content (AvgIpc) is 2.74. The van der Waals surface area contributed by atoms with E-state index in [2.05, 4.69) is 18.8 Å². The zero-order valence-corrected chi connectivity index (χ0v) is 11.6. The van der Waals surface area contributed by atoms with Crippen LogP contribution in [0.25, 0.3) is 10.6 Å². The van der Waals surface area contributed by atoms with Gasteiger partial charge in [-0.15, -0.1) is 11.3 Å². The number of benzene rings is 1.